The zero-order chi connectivity index (χ0) is 15.2. The van der Waals surface area contributed by atoms with E-state index in [0.717, 1.165) is 55.2 Å². The molecule has 2 rings (SSSR count). The van der Waals surface area contributed by atoms with Crippen molar-refractivity contribution >= 4 is 23.2 Å². The second-order valence-corrected chi connectivity index (χ2v) is 5.78. The van der Waals surface area contributed by atoms with Crippen molar-refractivity contribution in [2.24, 2.45) is 0 Å². The lowest BCUT2D eigenvalue weighted by atomic mass is 10.00. The molecule has 1 atom stereocenters. The number of piperidine rings is 1. The van der Waals surface area contributed by atoms with Gasteiger partial charge in [-0.1, -0.05) is 24.6 Å². The van der Waals surface area contributed by atoms with Crippen molar-refractivity contribution in [1.82, 2.24) is 10.6 Å². The summed E-state index contributed by atoms with van der Waals surface area (Å²) >= 11 is 6.38. The maximum Gasteiger partial charge on any atom is 0.242 e. The average Bonchev–Trinajstić information content (AvgIpc) is 2.53. The topological polar surface area (TPSA) is 44.4 Å². The van der Waals surface area contributed by atoms with Gasteiger partial charge in [0.15, 0.2) is 0 Å². The molecule has 1 heterocycles. The first-order chi connectivity index (χ1) is 10.2. The molecule has 1 amide bonds. The van der Waals surface area contributed by atoms with Crippen LogP contribution in [0.1, 0.15) is 31.7 Å². The van der Waals surface area contributed by atoms with E-state index in [2.05, 4.69) is 34.6 Å². The molecule has 4 nitrogen and oxygen atoms in total. The standard InChI is InChI=1S/C16H24ClN3O/c1-3-19-11-12-7-8-13(10-14(12)17)20-9-5-4-6-15(20)16(21)18-2/h7-8,10,15,19H,3-6,9,11H2,1-2H3,(H,18,21). The van der Waals surface area contributed by atoms with Crippen LogP contribution < -0.4 is 15.5 Å². The van der Waals surface area contributed by atoms with Gasteiger partial charge in [-0.05, 0) is 43.5 Å². The van der Waals surface area contributed by atoms with E-state index in [1.54, 1.807) is 7.05 Å². The molecule has 116 valence electrons. The number of likely N-dealkylation sites (N-methyl/N-ethyl adjacent to an activating group) is 1. The van der Waals surface area contributed by atoms with Gasteiger partial charge in [-0.25, -0.2) is 0 Å². The SMILES string of the molecule is CCNCc1ccc(N2CCCCC2C(=O)NC)cc1Cl. The Morgan fingerprint density at radius 3 is 2.90 bits per heavy atom. The number of nitrogens with zero attached hydrogens (tertiary/aromatic N) is 1. The lowest BCUT2D eigenvalue weighted by Gasteiger charge is -2.36. The van der Waals surface area contributed by atoms with E-state index in [-0.39, 0.29) is 11.9 Å². The maximum atomic E-state index is 12.0. The molecule has 0 saturated carbocycles. The Labute approximate surface area is 131 Å². The molecular formula is C16H24ClN3O. The molecule has 1 unspecified atom stereocenters. The molecule has 21 heavy (non-hydrogen) atoms. The summed E-state index contributed by atoms with van der Waals surface area (Å²) in [6.07, 6.45) is 3.11. The van der Waals surface area contributed by atoms with Crippen LogP contribution in [0.25, 0.3) is 0 Å². The van der Waals surface area contributed by atoms with E-state index >= 15 is 0 Å². The van der Waals surface area contributed by atoms with Crippen molar-refractivity contribution < 1.29 is 4.79 Å². The molecule has 1 aliphatic heterocycles. The van der Waals surface area contributed by atoms with E-state index in [4.69, 9.17) is 11.6 Å². The number of halogens is 1. The number of amides is 1. The van der Waals surface area contributed by atoms with Crippen molar-refractivity contribution in [3.8, 4) is 0 Å². The highest BCUT2D eigenvalue weighted by molar-refractivity contribution is 6.31. The van der Waals surface area contributed by atoms with Gasteiger partial charge in [0.25, 0.3) is 0 Å². The summed E-state index contributed by atoms with van der Waals surface area (Å²) in [5.41, 5.74) is 2.13. The predicted molar refractivity (Wildman–Crippen MR) is 87.9 cm³/mol. The highest BCUT2D eigenvalue weighted by Crippen LogP contribution is 2.29. The number of anilines is 1. The number of carbonyl (C=O) groups excluding carboxylic acids is 1. The Bertz CT molecular complexity index is 492. The summed E-state index contributed by atoms with van der Waals surface area (Å²) < 4.78 is 0. The molecule has 1 aromatic rings. The number of benzene rings is 1. The minimum Gasteiger partial charge on any atom is -0.359 e. The molecule has 2 N–H and O–H groups in total. The molecule has 0 radical (unpaired) electrons. The third-order valence-electron chi connectivity index (χ3n) is 3.99. The van der Waals surface area contributed by atoms with Gasteiger partial charge in [-0.3, -0.25) is 4.79 Å². The highest BCUT2D eigenvalue weighted by Gasteiger charge is 2.28. The molecule has 0 bridgehead atoms. The van der Waals surface area contributed by atoms with Gasteiger partial charge < -0.3 is 15.5 Å². The first kappa shape index (κ1) is 16.1. The number of nitrogens with one attached hydrogen (secondary N) is 2. The van der Waals surface area contributed by atoms with Gasteiger partial charge >= 0.3 is 0 Å². The molecule has 1 aromatic carbocycles. The minimum atomic E-state index is -0.0839. The lowest BCUT2D eigenvalue weighted by molar-refractivity contribution is -0.122. The normalized spacial score (nSPS) is 18.6. The Morgan fingerprint density at radius 2 is 2.24 bits per heavy atom. The fourth-order valence-electron chi connectivity index (χ4n) is 2.80. The first-order valence-electron chi connectivity index (χ1n) is 7.64. The second kappa shape index (κ2) is 7.66. The van der Waals surface area contributed by atoms with Crippen LogP contribution in [0.3, 0.4) is 0 Å². The minimum absolute atomic E-state index is 0.0839. The van der Waals surface area contributed by atoms with Gasteiger partial charge in [0.05, 0.1) is 0 Å². The van der Waals surface area contributed by atoms with Crippen LogP contribution in [0, 0.1) is 0 Å². The van der Waals surface area contributed by atoms with Crippen LogP contribution in [0.4, 0.5) is 5.69 Å². The summed E-state index contributed by atoms with van der Waals surface area (Å²) in [7, 11) is 1.70. The van der Waals surface area contributed by atoms with E-state index in [0.29, 0.717) is 0 Å². The summed E-state index contributed by atoms with van der Waals surface area (Å²) in [6.45, 7) is 4.67. The van der Waals surface area contributed by atoms with E-state index < -0.39 is 0 Å². The van der Waals surface area contributed by atoms with Gasteiger partial charge in [-0.15, -0.1) is 0 Å². The van der Waals surface area contributed by atoms with Crippen LogP contribution >= 0.6 is 11.6 Å². The van der Waals surface area contributed by atoms with Crippen molar-refractivity contribution in [2.75, 3.05) is 25.0 Å². The van der Waals surface area contributed by atoms with Gasteiger partial charge in [0.1, 0.15) is 6.04 Å². The van der Waals surface area contributed by atoms with Crippen molar-refractivity contribution in [3.63, 3.8) is 0 Å². The third-order valence-corrected chi connectivity index (χ3v) is 4.34. The van der Waals surface area contributed by atoms with Gasteiger partial charge in [0.2, 0.25) is 5.91 Å². The van der Waals surface area contributed by atoms with Crippen LogP contribution in [0.2, 0.25) is 5.02 Å². The highest BCUT2D eigenvalue weighted by atomic mass is 35.5. The second-order valence-electron chi connectivity index (χ2n) is 5.38. The molecule has 0 spiro atoms. The molecule has 1 aliphatic rings. The van der Waals surface area contributed by atoms with E-state index in [1.165, 1.54) is 0 Å². The number of rotatable bonds is 5. The third kappa shape index (κ3) is 3.89. The summed E-state index contributed by atoms with van der Waals surface area (Å²) in [4.78, 5) is 14.2. The van der Waals surface area contributed by atoms with Crippen LogP contribution in [0.5, 0.6) is 0 Å². The quantitative estimate of drug-likeness (QED) is 0.878. The number of carbonyl (C=O) groups is 1. The zero-order valence-corrected chi connectivity index (χ0v) is 13.5. The molecule has 0 aliphatic carbocycles. The maximum absolute atomic E-state index is 12.0. The monoisotopic (exact) mass is 309 g/mol. The van der Waals surface area contributed by atoms with E-state index in [9.17, 15) is 4.79 Å². The van der Waals surface area contributed by atoms with Crippen LogP contribution in [-0.4, -0.2) is 32.1 Å². The van der Waals surface area contributed by atoms with Crippen molar-refractivity contribution in [3.05, 3.63) is 28.8 Å². The van der Waals surface area contributed by atoms with E-state index in [1.807, 2.05) is 6.07 Å². The predicted octanol–water partition coefficient (Wildman–Crippen LogP) is 2.55. The molecule has 5 heteroatoms. The van der Waals surface area contributed by atoms with Gasteiger partial charge in [-0.2, -0.15) is 0 Å². The fourth-order valence-corrected chi connectivity index (χ4v) is 3.04. The van der Waals surface area contributed by atoms with Crippen molar-refractivity contribution in [2.45, 2.75) is 38.8 Å². The Hall–Kier alpha value is -1.26. The molecule has 1 fully saturated rings. The molecule has 0 aromatic heterocycles. The fraction of sp³-hybridized carbons (Fsp3) is 0.562. The summed E-state index contributed by atoms with van der Waals surface area (Å²) in [5, 5.41) is 6.80. The Morgan fingerprint density at radius 1 is 1.43 bits per heavy atom. The lowest BCUT2D eigenvalue weighted by Crippen LogP contribution is -2.48. The molecular weight excluding hydrogens is 286 g/mol. The smallest absolute Gasteiger partial charge is 0.242 e. The van der Waals surface area contributed by atoms with Crippen molar-refractivity contribution in [1.29, 1.82) is 0 Å². The average molecular weight is 310 g/mol. The largest absolute Gasteiger partial charge is 0.359 e. The Kier molecular flexibility index (Phi) is 5.88. The molecule has 1 saturated heterocycles. The summed E-state index contributed by atoms with van der Waals surface area (Å²) in [6, 6.07) is 6.02. The first-order valence-corrected chi connectivity index (χ1v) is 8.02. The van der Waals surface area contributed by atoms with Crippen LogP contribution in [-0.2, 0) is 11.3 Å². The van der Waals surface area contributed by atoms with Crippen LogP contribution in [0.15, 0.2) is 18.2 Å². The number of hydrogen-bond acceptors (Lipinski definition) is 3. The Balaban J connectivity index is 2.19. The zero-order valence-electron chi connectivity index (χ0n) is 12.8. The van der Waals surface area contributed by atoms with Gasteiger partial charge in [0, 0.05) is 30.8 Å². The summed E-state index contributed by atoms with van der Waals surface area (Å²) in [5.74, 6) is 0.0857. The number of hydrogen-bond donors (Lipinski definition) is 2.